The third kappa shape index (κ3) is 1.02. The number of nitrogens with zero attached hydrogens (tertiary/aromatic N) is 1. The number of fused-ring (bicyclic) bond motifs is 1. The lowest BCUT2D eigenvalue weighted by molar-refractivity contribution is 0.111. The Morgan fingerprint density at radius 1 is 1.43 bits per heavy atom. The Morgan fingerprint density at radius 3 is 2.79 bits per heavy atom. The molecule has 0 saturated heterocycles. The molecule has 0 spiro atoms. The number of aryl methyl sites for hydroxylation is 2. The highest BCUT2D eigenvalue weighted by Crippen LogP contribution is 2.25. The van der Waals surface area contributed by atoms with E-state index in [1.807, 2.05) is 36.7 Å². The summed E-state index contributed by atoms with van der Waals surface area (Å²) in [7, 11) is 1.88. The van der Waals surface area contributed by atoms with Gasteiger partial charge < -0.3 is 10.3 Å². The van der Waals surface area contributed by atoms with Crippen LogP contribution in [0.3, 0.4) is 0 Å². The number of nitrogen functional groups attached to an aromatic ring is 1. The topological polar surface area (TPSA) is 48.0 Å². The normalized spacial score (nSPS) is 10.7. The first-order chi connectivity index (χ1) is 6.65. The number of hydrogen-bond acceptors (Lipinski definition) is 2. The second-order valence-electron chi connectivity index (χ2n) is 3.46. The van der Waals surface area contributed by atoms with Crippen LogP contribution in [0.25, 0.3) is 10.9 Å². The molecule has 0 saturated carbocycles. The molecule has 0 bridgehead atoms. The minimum Gasteiger partial charge on any atom is -0.398 e. The van der Waals surface area contributed by atoms with E-state index in [2.05, 4.69) is 0 Å². The van der Waals surface area contributed by atoms with E-state index in [-0.39, 0.29) is 0 Å². The van der Waals surface area contributed by atoms with E-state index in [0.29, 0.717) is 5.69 Å². The molecule has 2 aromatic rings. The Kier molecular flexibility index (Phi) is 1.81. The standard InChI is InChI=1S/C11H12N2O/c1-7-9-5-8(6-14)13(2)11(9)4-3-10(7)12/h3-6H,12H2,1-2H3. The van der Waals surface area contributed by atoms with Gasteiger partial charge in [-0.1, -0.05) is 0 Å². The molecular formula is C11H12N2O. The number of nitrogens with two attached hydrogens (primary N) is 1. The highest BCUT2D eigenvalue weighted by Gasteiger charge is 2.07. The van der Waals surface area contributed by atoms with Crippen LogP contribution < -0.4 is 5.73 Å². The number of hydrogen-bond donors (Lipinski definition) is 1. The number of aldehydes is 1. The van der Waals surface area contributed by atoms with Gasteiger partial charge in [0.15, 0.2) is 6.29 Å². The maximum absolute atomic E-state index is 10.7. The average Bonchev–Trinajstić information content (AvgIpc) is 2.50. The van der Waals surface area contributed by atoms with Crippen molar-refractivity contribution in [3.05, 3.63) is 29.5 Å². The molecular weight excluding hydrogens is 176 g/mol. The van der Waals surface area contributed by atoms with Crippen LogP contribution in [0.4, 0.5) is 5.69 Å². The zero-order chi connectivity index (χ0) is 10.3. The Labute approximate surface area is 82.1 Å². The van der Waals surface area contributed by atoms with Gasteiger partial charge in [0.1, 0.15) is 0 Å². The molecule has 0 radical (unpaired) electrons. The Bertz CT molecular complexity index is 511. The summed E-state index contributed by atoms with van der Waals surface area (Å²) in [6.07, 6.45) is 0.857. The molecule has 0 unspecified atom stereocenters. The number of anilines is 1. The van der Waals surface area contributed by atoms with Crippen LogP contribution in [-0.2, 0) is 7.05 Å². The quantitative estimate of drug-likeness (QED) is 0.548. The second kappa shape index (κ2) is 2.87. The number of aromatic nitrogens is 1. The van der Waals surface area contributed by atoms with Crippen LogP contribution in [0.2, 0.25) is 0 Å². The van der Waals surface area contributed by atoms with Gasteiger partial charge in [-0.15, -0.1) is 0 Å². The van der Waals surface area contributed by atoms with Gasteiger partial charge in [-0.05, 0) is 30.7 Å². The van der Waals surface area contributed by atoms with E-state index in [4.69, 9.17) is 5.73 Å². The summed E-state index contributed by atoms with van der Waals surface area (Å²) in [6.45, 7) is 1.96. The summed E-state index contributed by atoms with van der Waals surface area (Å²) in [5.74, 6) is 0. The van der Waals surface area contributed by atoms with Gasteiger partial charge in [0, 0.05) is 23.6 Å². The van der Waals surface area contributed by atoms with Gasteiger partial charge in [0.2, 0.25) is 0 Å². The number of benzene rings is 1. The molecule has 1 aromatic carbocycles. The van der Waals surface area contributed by atoms with Crippen molar-refractivity contribution in [2.75, 3.05) is 5.73 Å². The van der Waals surface area contributed by atoms with Crippen molar-refractivity contribution in [1.82, 2.24) is 4.57 Å². The Hall–Kier alpha value is -1.77. The third-order valence-corrected chi connectivity index (χ3v) is 2.70. The first-order valence-electron chi connectivity index (χ1n) is 4.45. The zero-order valence-corrected chi connectivity index (χ0v) is 8.24. The molecule has 3 nitrogen and oxygen atoms in total. The third-order valence-electron chi connectivity index (χ3n) is 2.70. The predicted molar refractivity (Wildman–Crippen MR) is 57.5 cm³/mol. The van der Waals surface area contributed by atoms with E-state index >= 15 is 0 Å². The minimum absolute atomic E-state index is 0.675. The maximum Gasteiger partial charge on any atom is 0.166 e. The Morgan fingerprint density at radius 2 is 2.14 bits per heavy atom. The molecule has 0 fully saturated rings. The van der Waals surface area contributed by atoms with Gasteiger partial charge in [-0.3, -0.25) is 4.79 Å². The van der Waals surface area contributed by atoms with Crippen molar-refractivity contribution in [3.8, 4) is 0 Å². The number of rotatable bonds is 1. The molecule has 0 atom stereocenters. The summed E-state index contributed by atoms with van der Waals surface area (Å²) in [5, 5.41) is 1.05. The van der Waals surface area contributed by atoms with Gasteiger partial charge >= 0.3 is 0 Å². The molecule has 1 aromatic heterocycles. The van der Waals surface area contributed by atoms with Crippen LogP contribution in [0.15, 0.2) is 18.2 Å². The highest BCUT2D eigenvalue weighted by atomic mass is 16.1. The second-order valence-corrected chi connectivity index (χ2v) is 3.46. The van der Waals surface area contributed by atoms with E-state index in [0.717, 1.165) is 28.4 Å². The summed E-state index contributed by atoms with van der Waals surface area (Å²) >= 11 is 0. The lowest BCUT2D eigenvalue weighted by Gasteiger charge is -2.02. The molecule has 2 rings (SSSR count). The molecule has 0 aliphatic rings. The lowest BCUT2D eigenvalue weighted by atomic mass is 10.1. The summed E-state index contributed by atoms with van der Waals surface area (Å²) in [4.78, 5) is 10.7. The van der Waals surface area contributed by atoms with Gasteiger partial charge in [-0.2, -0.15) is 0 Å². The van der Waals surface area contributed by atoms with Crippen molar-refractivity contribution in [2.45, 2.75) is 6.92 Å². The van der Waals surface area contributed by atoms with Crippen LogP contribution in [0, 0.1) is 6.92 Å². The molecule has 0 aliphatic heterocycles. The summed E-state index contributed by atoms with van der Waals surface area (Å²) in [6, 6.07) is 5.67. The average molecular weight is 188 g/mol. The molecule has 14 heavy (non-hydrogen) atoms. The minimum atomic E-state index is 0.675. The van der Waals surface area contributed by atoms with Gasteiger partial charge in [0.25, 0.3) is 0 Å². The predicted octanol–water partition coefficient (Wildman–Crippen LogP) is 1.88. The van der Waals surface area contributed by atoms with Crippen molar-refractivity contribution < 1.29 is 4.79 Å². The lowest BCUT2D eigenvalue weighted by Crippen LogP contribution is -1.94. The summed E-state index contributed by atoms with van der Waals surface area (Å²) < 4.78 is 1.87. The van der Waals surface area contributed by atoms with Crippen LogP contribution >= 0.6 is 0 Å². The smallest absolute Gasteiger partial charge is 0.166 e. The van der Waals surface area contributed by atoms with E-state index < -0.39 is 0 Å². The molecule has 0 amide bonds. The van der Waals surface area contributed by atoms with E-state index in [1.54, 1.807) is 0 Å². The molecule has 1 heterocycles. The molecule has 72 valence electrons. The number of carbonyl (C=O) groups is 1. The van der Waals surface area contributed by atoms with Crippen LogP contribution in [-0.4, -0.2) is 10.9 Å². The van der Waals surface area contributed by atoms with Crippen molar-refractivity contribution in [1.29, 1.82) is 0 Å². The summed E-state index contributed by atoms with van der Waals surface area (Å²) in [5.41, 5.74) is 9.30. The van der Waals surface area contributed by atoms with Crippen molar-refractivity contribution in [3.63, 3.8) is 0 Å². The zero-order valence-electron chi connectivity index (χ0n) is 8.24. The fraction of sp³-hybridized carbons (Fsp3) is 0.182. The largest absolute Gasteiger partial charge is 0.398 e. The maximum atomic E-state index is 10.7. The van der Waals surface area contributed by atoms with Crippen LogP contribution in [0.5, 0.6) is 0 Å². The monoisotopic (exact) mass is 188 g/mol. The number of carbonyl (C=O) groups excluding carboxylic acids is 1. The highest BCUT2D eigenvalue weighted by molar-refractivity contribution is 5.93. The SMILES string of the molecule is Cc1c(N)ccc2c1cc(C=O)n2C. The fourth-order valence-corrected chi connectivity index (χ4v) is 1.70. The Balaban J connectivity index is 2.91. The fourth-order valence-electron chi connectivity index (χ4n) is 1.70. The van der Waals surface area contributed by atoms with Gasteiger partial charge in [0.05, 0.1) is 5.69 Å². The first-order valence-corrected chi connectivity index (χ1v) is 4.45. The molecule has 2 N–H and O–H groups in total. The van der Waals surface area contributed by atoms with Crippen molar-refractivity contribution in [2.24, 2.45) is 7.05 Å². The molecule has 3 heteroatoms. The van der Waals surface area contributed by atoms with E-state index in [1.165, 1.54) is 0 Å². The van der Waals surface area contributed by atoms with Crippen LogP contribution in [0.1, 0.15) is 16.1 Å². The van der Waals surface area contributed by atoms with Gasteiger partial charge in [-0.25, -0.2) is 0 Å². The van der Waals surface area contributed by atoms with E-state index in [9.17, 15) is 4.79 Å². The first kappa shape index (κ1) is 8.81. The molecule has 0 aliphatic carbocycles. The van der Waals surface area contributed by atoms with Crippen molar-refractivity contribution >= 4 is 22.9 Å².